The number of halogens is 2. The van der Waals surface area contributed by atoms with E-state index in [1.54, 1.807) is 30.3 Å². The Labute approximate surface area is 187 Å². The summed E-state index contributed by atoms with van der Waals surface area (Å²) in [5, 5.41) is 20.6. The molecule has 0 bridgehead atoms. The average molecular weight is 477 g/mol. The van der Waals surface area contributed by atoms with Gasteiger partial charge in [0.1, 0.15) is 18.5 Å². The number of hydrogen-bond acceptors (Lipinski definition) is 6. The van der Waals surface area contributed by atoms with Crippen molar-refractivity contribution >= 4 is 38.9 Å². The lowest BCUT2D eigenvalue weighted by Gasteiger charge is -2.24. The zero-order valence-electron chi connectivity index (χ0n) is 16.6. The van der Waals surface area contributed by atoms with Crippen molar-refractivity contribution < 1.29 is 23.4 Å². The maximum Gasteiger partial charge on any atom is 0.229 e. The van der Waals surface area contributed by atoms with Gasteiger partial charge in [-0.3, -0.25) is 9.62 Å². The molecule has 3 N–H and O–H groups in total. The van der Waals surface area contributed by atoms with E-state index in [-0.39, 0.29) is 13.2 Å². The zero-order chi connectivity index (χ0) is 22.1. The smallest absolute Gasteiger partial charge is 0.229 e. The molecule has 0 amide bonds. The Balaban J connectivity index is 1.82. The normalized spacial score (nSPS) is 12.7. The second kappa shape index (κ2) is 11.7. The molecule has 166 valence electrons. The van der Waals surface area contributed by atoms with Gasteiger partial charge in [-0.15, -0.1) is 0 Å². The fourth-order valence-electron chi connectivity index (χ4n) is 2.79. The fraction of sp³-hybridized carbons (Fsp3) is 0.400. The van der Waals surface area contributed by atoms with Crippen LogP contribution in [0.4, 0.5) is 5.69 Å². The molecule has 2 rings (SSSR count). The topological polar surface area (TPSA) is 99.1 Å². The first-order valence-electron chi connectivity index (χ1n) is 9.32. The summed E-state index contributed by atoms with van der Waals surface area (Å²) in [6.07, 6.45) is 1.01. The van der Waals surface area contributed by atoms with E-state index in [1.165, 1.54) is 0 Å². The van der Waals surface area contributed by atoms with Gasteiger partial charge in [-0.1, -0.05) is 29.3 Å². The van der Waals surface area contributed by atoms with E-state index in [2.05, 4.69) is 4.72 Å². The molecule has 10 heteroatoms. The average Bonchev–Trinajstić information content (AvgIpc) is 2.67. The van der Waals surface area contributed by atoms with Crippen molar-refractivity contribution in [2.45, 2.75) is 12.5 Å². The fourth-order valence-corrected chi connectivity index (χ4v) is 3.68. The molecule has 0 saturated heterocycles. The van der Waals surface area contributed by atoms with E-state index in [0.717, 1.165) is 11.8 Å². The monoisotopic (exact) mass is 476 g/mol. The molecule has 30 heavy (non-hydrogen) atoms. The minimum atomic E-state index is -3.34. The van der Waals surface area contributed by atoms with E-state index in [4.69, 9.17) is 27.9 Å². The number of rotatable bonds is 12. The Hall–Kier alpha value is -1.55. The van der Waals surface area contributed by atoms with Crippen molar-refractivity contribution in [3.8, 4) is 5.75 Å². The second-order valence-electron chi connectivity index (χ2n) is 6.89. The summed E-state index contributed by atoms with van der Waals surface area (Å²) in [5.41, 5.74) is 1.45. The van der Waals surface area contributed by atoms with E-state index < -0.39 is 16.1 Å². The van der Waals surface area contributed by atoms with E-state index >= 15 is 0 Å². The molecule has 0 heterocycles. The van der Waals surface area contributed by atoms with Crippen molar-refractivity contribution in [1.82, 2.24) is 4.90 Å². The first kappa shape index (κ1) is 24.7. The Morgan fingerprint density at radius 3 is 2.40 bits per heavy atom. The summed E-state index contributed by atoms with van der Waals surface area (Å²) >= 11 is 12.0. The van der Waals surface area contributed by atoms with Crippen LogP contribution in [-0.4, -0.2) is 68.7 Å². The van der Waals surface area contributed by atoms with Crippen LogP contribution >= 0.6 is 23.2 Å². The van der Waals surface area contributed by atoms with Crippen LogP contribution in [0.25, 0.3) is 0 Å². The molecular formula is C20H26Cl2N2O5S. The van der Waals surface area contributed by atoms with Crippen LogP contribution in [0.3, 0.4) is 0 Å². The first-order chi connectivity index (χ1) is 14.2. The number of aliphatic hydroxyl groups is 2. The molecule has 0 saturated carbocycles. The summed E-state index contributed by atoms with van der Waals surface area (Å²) < 4.78 is 30.4. The van der Waals surface area contributed by atoms with E-state index in [9.17, 15) is 18.6 Å². The molecule has 2 aromatic carbocycles. The van der Waals surface area contributed by atoms with Crippen LogP contribution in [0.15, 0.2) is 42.5 Å². The lowest BCUT2D eigenvalue weighted by Crippen LogP contribution is -2.38. The number of aliphatic hydroxyl groups excluding tert-OH is 2. The predicted molar refractivity (Wildman–Crippen MR) is 120 cm³/mol. The van der Waals surface area contributed by atoms with Crippen molar-refractivity contribution in [2.24, 2.45) is 0 Å². The molecule has 7 nitrogen and oxygen atoms in total. The Morgan fingerprint density at radius 1 is 1.10 bits per heavy atom. The zero-order valence-corrected chi connectivity index (χ0v) is 18.9. The highest BCUT2D eigenvalue weighted by Gasteiger charge is 2.13. The number of nitrogens with zero attached hydrogens (tertiary/aromatic N) is 1. The quantitative estimate of drug-likeness (QED) is 0.435. The van der Waals surface area contributed by atoms with Gasteiger partial charge in [0.15, 0.2) is 0 Å². The molecule has 2 aromatic rings. The Kier molecular flexibility index (Phi) is 9.67. The Bertz CT molecular complexity index is 910. The Morgan fingerprint density at radius 2 is 1.80 bits per heavy atom. The van der Waals surface area contributed by atoms with Gasteiger partial charge in [-0.25, -0.2) is 8.42 Å². The van der Waals surface area contributed by atoms with Gasteiger partial charge in [-0.2, -0.15) is 0 Å². The first-order valence-corrected chi connectivity index (χ1v) is 12.0. The summed E-state index contributed by atoms with van der Waals surface area (Å²) in [6, 6.07) is 11.9. The molecular weight excluding hydrogens is 451 g/mol. The van der Waals surface area contributed by atoms with Gasteiger partial charge >= 0.3 is 0 Å². The van der Waals surface area contributed by atoms with Crippen molar-refractivity contribution in [3.05, 3.63) is 58.1 Å². The number of hydrogen-bond donors (Lipinski definition) is 3. The standard InChI is InChI=1S/C20H26Cl2N2O5S/c1-30(27,28)23-16-3-5-18(6-4-16)29-14-17(26)13-24(10-11-25)9-8-15-2-7-19(21)20(22)12-15/h2-7,12,17,23,25-26H,8-11,13-14H2,1H3/t17-/m1/s1. The van der Waals surface area contributed by atoms with Crippen LogP contribution in [-0.2, 0) is 16.4 Å². The lowest BCUT2D eigenvalue weighted by atomic mass is 10.1. The van der Waals surface area contributed by atoms with Crippen LogP contribution < -0.4 is 9.46 Å². The predicted octanol–water partition coefficient (Wildman–Crippen LogP) is 2.64. The third kappa shape index (κ3) is 9.07. The number of anilines is 1. The molecule has 0 aromatic heterocycles. The van der Waals surface area contributed by atoms with Gasteiger partial charge in [0.05, 0.1) is 22.9 Å². The van der Waals surface area contributed by atoms with Gasteiger partial charge in [0.25, 0.3) is 0 Å². The minimum Gasteiger partial charge on any atom is -0.491 e. The summed E-state index contributed by atoms with van der Waals surface area (Å²) in [4.78, 5) is 1.94. The van der Waals surface area contributed by atoms with Crippen LogP contribution in [0.2, 0.25) is 10.0 Å². The molecule has 0 aliphatic rings. The molecule has 0 fully saturated rings. The molecule has 1 atom stereocenters. The largest absolute Gasteiger partial charge is 0.491 e. The molecule has 0 unspecified atom stereocenters. The summed E-state index contributed by atoms with van der Waals surface area (Å²) in [6.45, 7) is 1.42. The highest BCUT2D eigenvalue weighted by atomic mass is 35.5. The number of nitrogens with one attached hydrogen (secondary N) is 1. The number of sulfonamides is 1. The van der Waals surface area contributed by atoms with Gasteiger partial charge in [0, 0.05) is 25.3 Å². The SMILES string of the molecule is CS(=O)(=O)Nc1ccc(OC[C@H](O)CN(CCO)CCc2ccc(Cl)c(Cl)c2)cc1. The van der Waals surface area contributed by atoms with Gasteiger partial charge in [-0.05, 0) is 48.4 Å². The number of benzene rings is 2. The highest BCUT2D eigenvalue weighted by Crippen LogP contribution is 2.23. The van der Waals surface area contributed by atoms with E-state index in [1.807, 2.05) is 17.0 Å². The molecule has 0 radical (unpaired) electrons. The molecule has 0 aliphatic heterocycles. The summed E-state index contributed by atoms with van der Waals surface area (Å²) in [5.74, 6) is 0.512. The van der Waals surface area contributed by atoms with Crippen LogP contribution in [0, 0.1) is 0 Å². The van der Waals surface area contributed by atoms with Crippen LogP contribution in [0.5, 0.6) is 5.75 Å². The molecule has 0 aliphatic carbocycles. The number of ether oxygens (including phenoxy) is 1. The maximum absolute atomic E-state index is 11.2. The van der Waals surface area contributed by atoms with Crippen molar-refractivity contribution in [1.29, 1.82) is 0 Å². The van der Waals surface area contributed by atoms with Crippen LogP contribution in [0.1, 0.15) is 5.56 Å². The third-order valence-electron chi connectivity index (χ3n) is 4.19. The van der Waals surface area contributed by atoms with E-state index in [0.29, 0.717) is 47.5 Å². The second-order valence-corrected chi connectivity index (χ2v) is 9.45. The van der Waals surface area contributed by atoms with Crippen molar-refractivity contribution in [3.63, 3.8) is 0 Å². The molecule has 0 spiro atoms. The summed E-state index contributed by atoms with van der Waals surface area (Å²) in [7, 11) is -3.34. The minimum absolute atomic E-state index is 0.0241. The van der Waals surface area contributed by atoms with Crippen molar-refractivity contribution in [2.75, 3.05) is 43.8 Å². The maximum atomic E-state index is 11.2. The lowest BCUT2D eigenvalue weighted by molar-refractivity contribution is 0.0622. The third-order valence-corrected chi connectivity index (χ3v) is 5.53. The van der Waals surface area contributed by atoms with Gasteiger partial charge in [0.2, 0.25) is 10.0 Å². The van der Waals surface area contributed by atoms with Gasteiger partial charge < -0.3 is 14.9 Å². The highest BCUT2D eigenvalue weighted by molar-refractivity contribution is 7.92.